The van der Waals surface area contributed by atoms with Crippen molar-refractivity contribution in [3.8, 4) is 17.2 Å². The summed E-state index contributed by atoms with van der Waals surface area (Å²) in [6.45, 7) is 0. The zero-order valence-electron chi connectivity index (χ0n) is 11.6. The van der Waals surface area contributed by atoms with Crippen LogP contribution in [0.4, 0.5) is 11.4 Å². The molecule has 6 heteroatoms. The first kappa shape index (κ1) is 14.5. The molecule has 0 saturated heterocycles. The number of aldehydes is 1. The number of carbonyl (C=O) groups excluding carboxylic acids is 1. The summed E-state index contributed by atoms with van der Waals surface area (Å²) >= 11 is 0. The molecule has 21 heavy (non-hydrogen) atoms. The average molecular weight is 286 g/mol. The number of benzene rings is 2. The summed E-state index contributed by atoms with van der Waals surface area (Å²) in [7, 11) is 2.97. The Labute approximate surface area is 121 Å². The molecule has 0 aliphatic rings. The van der Waals surface area contributed by atoms with Crippen LogP contribution in [0.2, 0.25) is 0 Å². The van der Waals surface area contributed by atoms with Crippen LogP contribution in [0.1, 0.15) is 10.4 Å². The highest BCUT2D eigenvalue weighted by atomic mass is 16.5. The molecule has 2 aromatic rings. The number of phenolic OH excluding ortho intramolecular Hbond substituents is 1. The Morgan fingerprint density at radius 3 is 2.33 bits per heavy atom. The maximum absolute atomic E-state index is 10.9. The molecule has 2 aromatic carbocycles. The number of hydrogen-bond acceptors (Lipinski definition) is 6. The van der Waals surface area contributed by atoms with E-state index in [2.05, 4.69) is 10.2 Å². The highest BCUT2D eigenvalue weighted by molar-refractivity contribution is 5.80. The highest BCUT2D eigenvalue weighted by Gasteiger charge is 2.10. The van der Waals surface area contributed by atoms with Gasteiger partial charge in [0.05, 0.1) is 19.9 Å². The maximum atomic E-state index is 10.9. The topological polar surface area (TPSA) is 80.5 Å². The summed E-state index contributed by atoms with van der Waals surface area (Å²) in [6, 6.07) is 9.79. The van der Waals surface area contributed by atoms with Crippen molar-refractivity contribution in [1.29, 1.82) is 0 Å². The van der Waals surface area contributed by atoms with Crippen molar-refractivity contribution in [2.75, 3.05) is 14.2 Å². The largest absolute Gasteiger partial charge is 0.503 e. The third-order valence-corrected chi connectivity index (χ3v) is 2.78. The predicted octanol–water partition coefficient (Wildman–Crippen LogP) is 3.64. The molecule has 2 rings (SSSR count). The number of hydrogen-bond donors (Lipinski definition) is 1. The lowest BCUT2D eigenvalue weighted by Crippen LogP contribution is -1.87. The van der Waals surface area contributed by atoms with E-state index < -0.39 is 0 Å². The third kappa shape index (κ3) is 3.36. The van der Waals surface area contributed by atoms with Crippen LogP contribution in [0.3, 0.4) is 0 Å². The van der Waals surface area contributed by atoms with E-state index in [-0.39, 0.29) is 17.2 Å². The quantitative estimate of drug-likeness (QED) is 0.672. The zero-order valence-corrected chi connectivity index (χ0v) is 11.6. The molecule has 6 nitrogen and oxygen atoms in total. The first-order chi connectivity index (χ1) is 10.2. The maximum Gasteiger partial charge on any atom is 0.185 e. The van der Waals surface area contributed by atoms with Gasteiger partial charge in [0.25, 0.3) is 0 Å². The predicted molar refractivity (Wildman–Crippen MR) is 77.2 cm³/mol. The molecular formula is C15H14N2O4. The molecule has 1 N–H and O–H groups in total. The molecule has 108 valence electrons. The number of phenols is 1. The second-order valence-corrected chi connectivity index (χ2v) is 4.11. The first-order valence-electron chi connectivity index (χ1n) is 6.10. The molecule has 0 bridgehead atoms. The van der Waals surface area contributed by atoms with E-state index in [0.29, 0.717) is 23.3 Å². The van der Waals surface area contributed by atoms with Gasteiger partial charge in [0.2, 0.25) is 0 Å². The third-order valence-electron chi connectivity index (χ3n) is 2.78. The summed E-state index contributed by atoms with van der Waals surface area (Å²) in [6.07, 6.45) is 0.647. The fourth-order valence-corrected chi connectivity index (χ4v) is 1.67. The van der Waals surface area contributed by atoms with Crippen molar-refractivity contribution >= 4 is 17.7 Å². The summed E-state index contributed by atoms with van der Waals surface area (Å²) in [5.41, 5.74) is 1.09. The van der Waals surface area contributed by atoms with Gasteiger partial charge in [0.1, 0.15) is 17.7 Å². The van der Waals surface area contributed by atoms with E-state index in [9.17, 15) is 9.90 Å². The summed E-state index contributed by atoms with van der Waals surface area (Å²) in [5, 5.41) is 17.9. The Morgan fingerprint density at radius 2 is 1.76 bits per heavy atom. The number of nitrogens with zero attached hydrogens (tertiary/aromatic N) is 2. The molecule has 0 spiro atoms. The molecule has 0 aliphatic carbocycles. The van der Waals surface area contributed by atoms with Crippen molar-refractivity contribution in [3.63, 3.8) is 0 Å². The molecule has 0 aliphatic heterocycles. The smallest absolute Gasteiger partial charge is 0.185 e. The Hall–Kier alpha value is -2.89. The molecule has 0 atom stereocenters. The Balaban J connectivity index is 2.32. The van der Waals surface area contributed by atoms with E-state index in [1.165, 1.54) is 19.2 Å². The van der Waals surface area contributed by atoms with Gasteiger partial charge in [0.15, 0.2) is 11.5 Å². The first-order valence-corrected chi connectivity index (χ1v) is 6.10. The van der Waals surface area contributed by atoms with E-state index in [1.807, 2.05) is 0 Å². The summed E-state index contributed by atoms with van der Waals surface area (Å²) < 4.78 is 10.0. The van der Waals surface area contributed by atoms with E-state index >= 15 is 0 Å². The normalized spacial score (nSPS) is 10.6. The van der Waals surface area contributed by atoms with Crippen molar-refractivity contribution in [1.82, 2.24) is 0 Å². The molecule has 0 aromatic heterocycles. The van der Waals surface area contributed by atoms with Crippen LogP contribution in [-0.4, -0.2) is 25.6 Å². The van der Waals surface area contributed by atoms with Crippen LogP contribution in [0, 0.1) is 0 Å². The molecule has 0 radical (unpaired) electrons. The second-order valence-electron chi connectivity index (χ2n) is 4.11. The van der Waals surface area contributed by atoms with Gasteiger partial charge in [-0.3, -0.25) is 4.79 Å². The Bertz CT molecular complexity index is 666. The SMILES string of the molecule is COc1ccc(N=Nc2cc(C=O)cc(OC)c2O)cc1. The van der Waals surface area contributed by atoms with Gasteiger partial charge >= 0.3 is 0 Å². The fraction of sp³-hybridized carbons (Fsp3) is 0.133. The van der Waals surface area contributed by atoms with Gasteiger partial charge in [-0.15, -0.1) is 5.11 Å². The van der Waals surface area contributed by atoms with Crippen molar-refractivity contribution in [2.24, 2.45) is 10.2 Å². The highest BCUT2D eigenvalue weighted by Crippen LogP contribution is 2.37. The summed E-state index contributed by atoms with van der Waals surface area (Å²) in [4.78, 5) is 10.9. The fourth-order valence-electron chi connectivity index (χ4n) is 1.67. The number of ether oxygens (including phenoxy) is 2. The lowest BCUT2D eigenvalue weighted by atomic mass is 10.2. The summed E-state index contributed by atoms with van der Waals surface area (Å²) in [5.74, 6) is 0.713. The Morgan fingerprint density at radius 1 is 1.05 bits per heavy atom. The van der Waals surface area contributed by atoms with E-state index in [4.69, 9.17) is 9.47 Å². The average Bonchev–Trinajstić information content (AvgIpc) is 2.54. The molecule has 0 heterocycles. The number of azo groups is 1. The molecular weight excluding hydrogens is 272 g/mol. The minimum Gasteiger partial charge on any atom is -0.503 e. The van der Waals surface area contributed by atoms with Crippen LogP contribution in [-0.2, 0) is 0 Å². The molecule has 0 saturated carbocycles. The number of aromatic hydroxyl groups is 1. The van der Waals surface area contributed by atoms with Gasteiger partial charge in [-0.05, 0) is 36.4 Å². The van der Waals surface area contributed by atoms with Gasteiger partial charge in [-0.1, -0.05) is 0 Å². The van der Waals surface area contributed by atoms with E-state index in [0.717, 1.165) is 0 Å². The van der Waals surface area contributed by atoms with Gasteiger partial charge < -0.3 is 14.6 Å². The minimum absolute atomic E-state index is 0.160. The lowest BCUT2D eigenvalue weighted by molar-refractivity contribution is 0.112. The van der Waals surface area contributed by atoms with Crippen LogP contribution in [0.25, 0.3) is 0 Å². The zero-order chi connectivity index (χ0) is 15.2. The number of rotatable bonds is 5. The minimum atomic E-state index is -0.166. The molecule has 0 fully saturated rings. The van der Waals surface area contributed by atoms with Gasteiger partial charge in [-0.2, -0.15) is 5.11 Å². The van der Waals surface area contributed by atoms with Crippen molar-refractivity contribution in [2.45, 2.75) is 0 Å². The monoisotopic (exact) mass is 286 g/mol. The van der Waals surface area contributed by atoms with Gasteiger partial charge in [-0.25, -0.2) is 0 Å². The molecule has 0 amide bonds. The van der Waals surface area contributed by atoms with Crippen LogP contribution in [0.15, 0.2) is 46.6 Å². The van der Waals surface area contributed by atoms with Crippen LogP contribution in [0.5, 0.6) is 17.2 Å². The molecule has 0 unspecified atom stereocenters. The van der Waals surface area contributed by atoms with Crippen molar-refractivity contribution in [3.05, 3.63) is 42.0 Å². The lowest BCUT2D eigenvalue weighted by Gasteiger charge is -2.06. The number of methoxy groups -OCH3 is 2. The van der Waals surface area contributed by atoms with Crippen LogP contribution >= 0.6 is 0 Å². The van der Waals surface area contributed by atoms with Crippen LogP contribution < -0.4 is 9.47 Å². The van der Waals surface area contributed by atoms with Crippen molar-refractivity contribution < 1.29 is 19.4 Å². The second kappa shape index (κ2) is 6.51. The van der Waals surface area contributed by atoms with Gasteiger partial charge in [0, 0.05) is 5.56 Å². The Kier molecular flexibility index (Phi) is 4.50. The standard InChI is InChI=1S/C15H14N2O4/c1-20-12-5-3-11(4-6-12)16-17-13-7-10(9-18)8-14(21-2)15(13)19/h3-9,19H,1-2H3. The van der Waals surface area contributed by atoms with E-state index in [1.54, 1.807) is 31.4 Å². The number of carbonyl (C=O) groups is 1.